The number of rotatable bonds is 5. The van der Waals surface area contributed by atoms with Gasteiger partial charge in [0, 0.05) is 9.60 Å². The summed E-state index contributed by atoms with van der Waals surface area (Å²) in [4.78, 5) is 0. The molecule has 0 saturated heterocycles. The highest BCUT2D eigenvalue weighted by molar-refractivity contribution is 5.27. The van der Waals surface area contributed by atoms with E-state index in [-0.39, 0.29) is 35.2 Å². The summed E-state index contributed by atoms with van der Waals surface area (Å²) in [7, 11) is 0. The number of hydrogen-bond donors (Lipinski definition) is 3. The number of aliphatic hydroxyl groups is 3. The molecule has 3 N–H and O–H groups in total. The van der Waals surface area contributed by atoms with Crippen molar-refractivity contribution in [3.63, 3.8) is 0 Å². The minimum atomic E-state index is -3.13. The molecule has 0 amide bonds. The zero-order valence-electron chi connectivity index (χ0n) is 25.9. The molecule has 172 valence electrons. The van der Waals surface area contributed by atoms with E-state index in [1.54, 1.807) is 0 Å². The fourth-order valence-electron chi connectivity index (χ4n) is 8.37. The molecule has 10 atom stereocenters. The van der Waals surface area contributed by atoms with Crippen LogP contribution in [0.1, 0.15) is 102 Å². The van der Waals surface area contributed by atoms with E-state index in [4.69, 9.17) is 9.60 Å². The van der Waals surface area contributed by atoms with Gasteiger partial charge in [-0.3, -0.25) is 0 Å². The topological polar surface area (TPSA) is 60.7 Å². The van der Waals surface area contributed by atoms with Crippen LogP contribution < -0.4 is 0 Å². The van der Waals surface area contributed by atoms with Crippen LogP contribution in [0.25, 0.3) is 0 Å². The molecule has 0 radical (unpaired) electrons. The van der Waals surface area contributed by atoms with Gasteiger partial charge in [-0.2, -0.15) is 0 Å². The van der Waals surface area contributed by atoms with Crippen molar-refractivity contribution in [2.75, 3.05) is 0 Å². The Morgan fingerprint density at radius 1 is 1.10 bits per heavy atom. The second kappa shape index (κ2) is 8.19. The van der Waals surface area contributed by atoms with E-state index in [9.17, 15) is 15.3 Å². The molecule has 0 aromatic rings. The van der Waals surface area contributed by atoms with Crippen LogP contribution in [0.3, 0.4) is 0 Å². The molecule has 3 nitrogen and oxygen atoms in total. The first-order valence-corrected chi connectivity index (χ1v) is 12.1. The molecule has 3 saturated carbocycles. The quantitative estimate of drug-likeness (QED) is 0.522. The van der Waals surface area contributed by atoms with Gasteiger partial charge in [-0.1, -0.05) is 46.1 Å². The molecule has 4 aliphatic carbocycles. The van der Waals surface area contributed by atoms with Gasteiger partial charge in [0.2, 0.25) is 0 Å². The molecule has 0 aromatic heterocycles. The highest BCUT2D eigenvalue weighted by Crippen LogP contribution is 2.67. The van der Waals surface area contributed by atoms with Crippen molar-refractivity contribution in [1.29, 1.82) is 0 Å². The predicted octanol–water partition coefficient (Wildman–Crippen LogP) is 5.33. The number of hydrogen-bond acceptors (Lipinski definition) is 3. The Morgan fingerprint density at radius 3 is 2.60 bits per heavy atom. The van der Waals surface area contributed by atoms with Crippen LogP contribution in [-0.4, -0.2) is 33.6 Å². The Kier molecular flexibility index (Phi) is 4.22. The van der Waals surface area contributed by atoms with Gasteiger partial charge in [0.25, 0.3) is 0 Å². The van der Waals surface area contributed by atoms with Gasteiger partial charge >= 0.3 is 0 Å². The maximum absolute atomic E-state index is 11.3. The maximum Gasteiger partial charge on any atom is 0.0757 e. The molecule has 0 aromatic carbocycles. The molecule has 0 heterocycles. The molecule has 1 unspecified atom stereocenters. The summed E-state index contributed by atoms with van der Waals surface area (Å²) >= 11 is 0. The summed E-state index contributed by atoms with van der Waals surface area (Å²) in [5.74, 6) is -1.53. The SMILES string of the molecule is [2H]C([2H])([2H])C([2H])(C(O)CC[C@@H](C)[C@H]1CC[C@H]2[C@@H]3[C@H](O)C=C4C[C@@H](O)CC[C@]4(C)[C@H]3CC[C@]12C)C([2H])([2H])[2H]. The lowest BCUT2D eigenvalue weighted by Gasteiger charge is -2.59. The Balaban J connectivity index is 1.50. The van der Waals surface area contributed by atoms with Gasteiger partial charge in [-0.25, -0.2) is 0 Å². The molecule has 4 rings (SSSR count). The standard InChI is InChI=1S/C27H46O3/c1-16(2)23(29)9-6-17(3)20-7-8-21-25-22(11-13-27(20,21)5)26(4)12-10-19(28)14-18(26)15-24(25)30/h15-17,19-25,28-30H,6-14H2,1-5H3/t17-,19+,20-,21+,22+,23?,24-,25+,26+,27-/m1/s1/i1D3,2D3,16D. The van der Waals surface area contributed by atoms with Crippen LogP contribution in [-0.2, 0) is 0 Å². The average molecular weight is 426 g/mol. The second-order valence-electron chi connectivity index (χ2n) is 11.5. The Hall–Kier alpha value is -0.380. The highest BCUT2D eigenvalue weighted by atomic mass is 16.3. The van der Waals surface area contributed by atoms with Crippen molar-refractivity contribution in [2.45, 2.75) is 111 Å². The van der Waals surface area contributed by atoms with Crippen LogP contribution in [0.15, 0.2) is 11.6 Å². The van der Waals surface area contributed by atoms with E-state index >= 15 is 0 Å². The Labute approximate surface area is 194 Å². The molecule has 0 aliphatic heterocycles. The molecular weight excluding hydrogens is 372 g/mol. The largest absolute Gasteiger partial charge is 0.393 e. The first-order chi connectivity index (χ1) is 16.9. The number of fused-ring (bicyclic) bond motifs is 5. The van der Waals surface area contributed by atoms with E-state index in [0.29, 0.717) is 30.6 Å². The molecular formula is C27H46O3. The lowest BCUT2D eigenvalue weighted by molar-refractivity contribution is -0.0973. The summed E-state index contributed by atoms with van der Waals surface area (Å²) in [6.45, 7) is 0.511. The normalized spacial score (nSPS) is 52.5. The van der Waals surface area contributed by atoms with E-state index in [0.717, 1.165) is 38.5 Å². The Bertz CT molecular complexity index is 872. The minimum absolute atomic E-state index is 0.00844. The zero-order chi connectivity index (χ0) is 27.8. The van der Waals surface area contributed by atoms with Crippen molar-refractivity contribution in [3.8, 4) is 0 Å². The van der Waals surface area contributed by atoms with Crippen molar-refractivity contribution in [1.82, 2.24) is 0 Å². The van der Waals surface area contributed by atoms with Crippen LogP contribution in [0.5, 0.6) is 0 Å². The van der Waals surface area contributed by atoms with Gasteiger partial charge in [0.05, 0.1) is 18.3 Å². The van der Waals surface area contributed by atoms with Crippen molar-refractivity contribution >= 4 is 0 Å². The Morgan fingerprint density at radius 2 is 1.87 bits per heavy atom. The van der Waals surface area contributed by atoms with Crippen molar-refractivity contribution < 1.29 is 24.9 Å². The molecule has 30 heavy (non-hydrogen) atoms. The first-order valence-electron chi connectivity index (χ1n) is 15.6. The number of aliphatic hydroxyl groups excluding tert-OH is 3. The van der Waals surface area contributed by atoms with Gasteiger partial charge in [-0.15, -0.1) is 0 Å². The fourth-order valence-corrected chi connectivity index (χ4v) is 8.37. The van der Waals surface area contributed by atoms with E-state index in [1.807, 2.05) is 6.08 Å². The zero-order valence-corrected chi connectivity index (χ0v) is 18.9. The third kappa shape index (κ3) is 3.61. The lowest BCUT2D eigenvalue weighted by Crippen LogP contribution is -2.55. The van der Waals surface area contributed by atoms with E-state index in [1.165, 1.54) is 5.57 Å². The van der Waals surface area contributed by atoms with Crippen molar-refractivity contribution in [2.24, 2.45) is 46.3 Å². The fraction of sp³-hybridized carbons (Fsp3) is 0.926. The van der Waals surface area contributed by atoms with Gasteiger partial charge < -0.3 is 15.3 Å². The van der Waals surface area contributed by atoms with E-state index < -0.39 is 31.8 Å². The summed E-state index contributed by atoms with van der Waals surface area (Å²) in [5.41, 5.74) is 1.26. The molecule has 0 spiro atoms. The lowest BCUT2D eigenvalue weighted by atomic mass is 9.46. The van der Waals surface area contributed by atoms with Gasteiger partial charge in [0.1, 0.15) is 0 Å². The van der Waals surface area contributed by atoms with E-state index in [2.05, 4.69) is 20.8 Å². The maximum atomic E-state index is 11.3. The first kappa shape index (κ1) is 15.5. The summed E-state index contributed by atoms with van der Waals surface area (Å²) < 4.78 is 54.2. The minimum Gasteiger partial charge on any atom is -0.393 e. The molecule has 3 heteroatoms. The second-order valence-corrected chi connectivity index (χ2v) is 11.5. The monoisotopic (exact) mass is 425 g/mol. The highest BCUT2D eigenvalue weighted by Gasteiger charge is 2.61. The summed E-state index contributed by atoms with van der Waals surface area (Å²) in [6, 6.07) is 0. The average Bonchev–Trinajstić information content (AvgIpc) is 3.13. The summed E-state index contributed by atoms with van der Waals surface area (Å²) in [6.07, 6.45) is 6.34. The molecule has 0 bridgehead atoms. The molecule has 3 fully saturated rings. The summed E-state index contributed by atoms with van der Waals surface area (Å²) in [5, 5.41) is 32.3. The van der Waals surface area contributed by atoms with Crippen molar-refractivity contribution in [3.05, 3.63) is 11.6 Å². The third-order valence-corrected chi connectivity index (χ3v) is 10.1. The van der Waals surface area contributed by atoms with Gasteiger partial charge in [0.15, 0.2) is 0 Å². The predicted molar refractivity (Wildman–Crippen MR) is 122 cm³/mol. The third-order valence-electron chi connectivity index (χ3n) is 10.1. The molecule has 4 aliphatic rings. The van der Waals surface area contributed by atoms with Crippen LogP contribution in [0, 0.1) is 46.3 Å². The smallest absolute Gasteiger partial charge is 0.0757 e. The van der Waals surface area contributed by atoms with Crippen LogP contribution >= 0.6 is 0 Å². The van der Waals surface area contributed by atoms with Crippen LogP contribution in [0.2, 0.25) is 0 Å². The van der Waals surface area contributed by atoms with Gasteiger partial charge in [-0.05, 0) is 104 Å². The van der Waals surface area contributed by atoms with Crippen LogP contribution in [0.4, 0.5) is 0 Å².